The molecule has 0 bridgehead atoms. The predicted octanol–water partition coefficient (Wildman–Crippen LogP) is 0.107. The number of carbonyl (C=O) groups is 1. The van der Waals surface area contributed by atoms with Crippen molar-refractivity contribution in [1.82, 2.24) is 5.32 Å². The van der Waals surface area contributed by atoms with E-state index in [4.69, 9.17) is 14.6 Å². The molecule has 0 spiro atoms. The molecule has 0 aliphatic heterocycles. The van der Waals surface area contributed by atoms with E-state index >= 15 is 0 Å². The Hall–Kier alpha value is -1.64. The second-order valence-corrected chi connectivity index (χ2v) is 5.70. The van der Waals surface area contributed by atoms with Crippen LogP contribution in [0.5, 0.6) is 5.75 Å². The highest BCUT2D eigenvalue weighted by Crippen LogP contribution is 2.23. The Morgan fingerprint density at radius 3 is 2.55 bits per heavy atom. The number of methoxy groups -OCH3 is 2. The first kappa shape index (κ1) is 16.4. The number of amides is 1. The van der Waals surface area contributed by atoms with Crippen LogP contribution in [0.3, 0.4) is 0 Å². The lowest BCUT2D eigenvalue weighted by atomic mass is 10.2. The lowest BCUT2D eigenvalue weighted by molar-refractivity contribution is 0.0870. The molecule has 0 aliphatic carbocycles. The molecule has 1 amide bonds. The maximum atomic E-state index is 11.9. The summed E-state index contributed by atoms with van der Waals surface area (Å²) in [6.45, 7) is 2.11. The molecule has 1 unspecified atom stereocenters. The highest BCUT2D eigenvalue weighted by Gasteiger charge is 2.18. The Labute approximate surface area is 118 Å². The number of nitrogens with one attached hydrogen (secondary N) is 1. The lowest BCUT2D eigenvalue weighted by Crippen LogP contribution is -2.31. The summed E-state index contributed by atoms with van der Waals surface area (Å²) in [7, 11) is -1.11. The summed E-state index contributed by atoms with van der Waals surface area (Å²) >= 11 is 0. The van der Waals surface area contributed by atoms with E-state index in [-0.39, 0.29) is 22.3 Å². The number of sulfonamides is 1. The summed E-state index contributed by atoms with van der Waals surface area (Å²) in [5.74, 6) is -0.323. The third-order valence-electron chi connectivity index (χ3n) is 2.68. The summed E-state index contributed by atoms with van der Waals surface area (Å²) in [6.07, 6.45) is -0.144. The van der Waals surface area contributed by atoms with Gasteiger partial charge < -0.3 is 14.8 Å². The molecule has 0 aliphatic rings. The maximum Gasteiger partial charge on any atom is 0.251 e. The van der Waals surface area contributed by atoms with Gasteiger partial charge in [0.2, 0.25) is 10.0 Å². The number of hydrogen-bond acceptors (Lipinski definition) is 5. The van der Waals surface area contributed by atoms with Crippen molar-refractivity contribution in [1.29, 1.82) is 0 Å². The molecule has 1 aromatic carbocycles. The van der Waals surface area contributed by atoms with E-state index in [2.05, 4.69) is 5.32 Å². The Bertz CT molecular complexity index is 586. The molecule has 3 N–H and O–H groups in total. The molecular formula is C12H18N2O5S. The summed E-state index contributed by atoms with van der Waals surface area (Å²) in [5.41, 5.74) is 0.179. The van der Waals surface area contributed by atoms with Gasteiger partial charge in [-0.1, -0.05) is 0 Å². The number of benzene rings is 1. The Balaban J connectivity index is 3.00. The summed E-state index contributed by atoms with van der Waals surface area (Å²) in [5, 5.41) is 7.71. The van der Waals surface area contributed by atoms with Gasteiger partial charge in [0.15, 0.2) is 0 Å². The minimum atomic E-state index is -3.97. The minimum absolute atomic E-state index is 0.0920. The van der Waals surface area contributed by atoms with Crippen LogP contribution in [0.2, 0.25) is 0 Å². The molecular weight excluding hydrogens is 284 g/mol. The van der Waals surface area contributed by atoms with Gasteiger partial charge in [-0.25, -0.2) is 13.6 Å². The van der Waals surface area contributed by atoms with E-state index in [0.29, 0.717) is 6.54 Å². The maximum absolute atomic E-state index is 11.9. The van der Waals surface area contributed by atoms with Gasteiger partial charge >= 0.3 is 0 Å². The highest BCUT2D eigenvalue weighted by atomic mass is 32.2. The second-order valence-electron chi connectivity index (χ2n) is 4.17. The third-order valence-corrected chi connectivity index (χ3v) is 3.62. The van der Waals surface area contributed by atoms with Crippen molar-refractivity contribution in [2.45, 2.75) is 17.9 Å². The monoisotopic (exact) mass is 302 g/mol. The smallest absolute Gasteiger partial charge is 0.251 e. The van der Waals surface area contributed by atoms with Gasteiger partial charge in [-0.05, 0) is 25.1 Å². The average Bonchev–Trinajstić information content (AvgIpc) is 2.42. The number of nitrogens with two attached hydrogens (primary N) is 1. The molecule has 0 heterocycles. The topological polar surface area (TPSA) is 108 Å². The zero-order chi connectivity index (χ0) is 15.3. The first-order valence-corrected chi connectivity index (χ1v) is 7.36. The second kappa shape index (κ2) is 6.69. The summed E-state index contributed by atoms with van der Waals surface area (Å²) in [6, 6.07) is 4.02. The Kier molecular flexibility index (Phi) is 5.49. The first-order valence-electron chi connectivity index (χ1n) is 5.81. The van der Waals surface area contributed by atoms with Crippen molar-refractivity contribution in [3.05, 3.63) is 23.8 Å². The van der Waals surface area contributed by atoms with Crippen LogP contribution in [0.4, 0.5) is 0 Å². The van der Waals surface area contributed by atoms with Crippen LogP contribution in [0.25, 0.3) is 0 Å². The van der Waals surface area contributed by atoms with Crippen LogP contribution in [0.1, 0.15) is 17.3 Å². The Morgan fingerprint density at radius 2 is 2.05 bits per heavy atom. The highest BCUT2D eigenvalue weighted by molar-refractivity contribution is 7.89. The fourth-order valence-corrected chi connectivity index (χ4v) is 2.19. The summed E-state index contributed by atoms with van der Waals surface area (Å²) in [4.78, 5) is 11.7. The van der Waals surface area contributed by atoms with E-state index in [1.807, 2.05) is 0 Å². The van der Waals surface area contributed by atoms with Gasteiger partial charge in [-0.15, -0.1) is 0 Å². The van der Waals surface area contributed by atoms with Gasteiger partial charge in [0, 0.05) is 19.2 Å². The average molecular weight is 302 g/mol. The van der Waals surface area contributed by atoms with E-state index < -0.39 is 15.9 Å². The molecule has 0 fully saturated rings. The molecule has 0 radical (unpaired) electrons. The van der Waals surface area contributed by atoms with Crippen molar-refractivity contribution in [2.75, 3.05) is 20.8 Å². The van der Waals surface area contributed by atoms with Crippen molar-refractivity contribution in [3.8, 4) is 5.75 Å². The molecule has 1 aromatic rings. The number of rotatable bonds is 6. The quantitative estimate of drug-likeness (QED) is 0.775. The van der Waals surface area contributed by atoms with E-state index in [9.17, 15) is 13.2 Å². The molecule has 1 rings (SSSR count). The van der Waals surface area contributed by atoms with E-state index in [1.54, 1.807) is 6.92 Å². The molecule has 112 valence electrons. The number of hydrogen-bond donors (Lipinski definition) is 2. The molecule has 1 atom stereocenters. The Morgan fingerprint density at radius 1 is 1.40 bits per heavy atom. The van der Waals surface area contributed by atoms with Crippen LogP contribution >= 0.6 is 0 Å². The third kappa shape index (κ3) is 4.19. The predicted molar refractivity (Wildman–Crippen MR) is 73.2 cm³/mol. The molecule has 0 saturated heterocycles. The molecule has 7 nitrogen and oxygen atoms in total. The first-order chi connectivity index (χ1) is 9.29. The van der Waals surface area contributed by atoms with E-state index in [0.717, 1.165) is 0 Å². The number of carbonyl (C=O) groups excluding carboxylic acids is 1. The minimum Gasteiger partial charge on any atom is -0.495 e. The molecule has 0 saturated carbocycles. The molecule has 0 aromatic heterocycles. The zero-order valence-electron chi connectivity index (χ0n) is 11.5. The van der Waals surface area contributed by atoms with Crippen LogP contribution in [-0.4, -0.2) is 41.2 Å². The van der Waals surface area contributed by atoms with Crippen LogP contribution in [0, 0.1) is 0 Å². The molecule has 8 heteroatoms. The normalized spacial score (nSPS) is 12.8. The van der Waals surface area contributed by atoms with Gasteiger partial charge in [-0.3, -0.25) is 4.79 Å². The summed E-state index contributed by atoms with van der Waals surface area (Å²) < 4.78 is 32.8. The van der Waals surface area contributed by atoms with Gasteiger partial charge in [-0.2, -0.15) is 0 Å². The largest absolute Gasteiger partial charge is 0.495 e. The van der Waals surface area contributed by atoms with Gasteiger partial charge in [0.1, 0.15) is 10.6 Å². The fraction of sp³-hybridized carbons (Fsp3) is 0.417. The van der Waals surface area contributed by atoms with Gasteiger partial charge in [0.05, 0.1) is 13.2 Å². The van der Waals surface area contributed by atoms with Crippen LogP contribution in [0.15, 0.2) is 23.1 Å². The number of ether oxygens (including phenoxy) is 2. The van der Waals surface area contributed by atoms with Crippen molar-refractivity contribution < 1.29 is 22.7 Å². The number of primary sulfonamides is 1. The van der Waals surface area contributed by atoms with Crippen LogP contribution < -0.4 is 15.2 Å². The SMILES string of the molecule is COc1ccc(C(=O)NCC(C)OC)cc1S(N)(=O)=O. The van der Waals surface area contributed by atoms with E-state index in [1.165, 1.54) is 32.4 Å². The van der Waals surface area contributed by atoms with Crippen molar-refractivity contribution in [3.63, 3.8) is 0 Å². The van der Waals surface area contributed by atoms with Crippen molar-refractivity contribution in [2.24, 2.45) is 5.14 Å². The van der Waals surface area contributed by atoms with Crippen molar-refractivity contribution >= 4 is 15.9 Å². The lowest BCUT2D eigenvalue weighted by Gasteiger charge is -2.12. The fourth-order valence-electron chi connectivity index (χ4n) is 1.46. The molecule has 20 heavy (non-hydrogen) atoms. The van der Waals surface area contributed by atoms with Crippen LogP contribution in [-0.2, 0) is 14.8 Å². The van der Waals surface area contributed by atoms with Gasteiger partial charge in [0.25, 0.3) is 5.91 Å². The zero-order valence-corrected chi connectivity index (χ0v) is 12.4. The standard InChI is InChI=1S/C12H18N2O5S/c1-8(18-2)7-14-12(15)9-4-5-10(19-3)11(6-9)20(13,16)17/h4-6,8H,7H2,1-3H3,(H,14,15)(H2,13,16,17).